The summed E-state index contributed by atoms with van der Waals surface area (Å²) in [6.45, 7) is 13.6. The van der Waals surface area contributed by atoms with Crippen molar-refractivity contribution in [3.05, 3.63) is 63.9 Å². The van der Waals surface area contributed by atoms with Gasteiger partial charge in [0.2, 0.25) is 5.91 Å². The molecule has 0 fully saturated rings. The number of carbonyl (C=O) groups excluding carboxylic acids is 1. The molecule has 0 saturated carbocycles. The molecular formula is C26H34N4O2S. The van der Waals surface area contributed by atoms with E-state index in [9.17, 15) is 9.59 Å². The molecule has 1 N–H and O–H groups in total. The summed E-state index contributed by atoms with van der Waals surface area (Å²) in [7, 11) is 0. The molecule has 3 rings (SSSR count). The van der Waals surface area contributed by atoms with Crippen LogP contribution in [-0.4, -0.2) is 45.2 Å². The monoisotopic (exact) mass is 466 g/mol. The molecule has 7 heteroatoms. The van der Waals surface area contributed by atoms with Gasteiger partial charge in [-0.3, -0.25) is 14.2 Å². The van der Waals surface area contributed by atoms with Crippen LogP contribution >= 0.6 is 11.8 Å². The van der Waals surface area contributed by atoms with E-state index >= 15 is 0 Å². The summed E-state index contributed by atoms with van der Waals surface area (Å²) in [5, 5.41) is 3.80. The Kier molecular flexibility index (Phi) is 8.69. The van der Waals surface area contributed by atoms with Crippen LogP contribution in [0.2, 0.25) is 0 Å². The van der Waals surface area contributed by atoms with Gasteiger partial charge in [-0.1, -0.05) is 55.4 Å². The summed E-state index contributed by atoms with van der Waals surface area (Å²) < 4.78 is 1.73. The van der Waals surface area contributed by atoms with Gasteiger partial charge in [-0.25, -0.2) is 4.98 Å². The SMILES string of the molecule is CCN(CC)CCCn1c(SC(C)C(=O)Nc2ccc(C)cc2C)nc2ccccc2c1=O. The fraction of sp³-hybridized carbons (Fsp3) is 0.423. The molecule has 0 aliphatic heterocycles. The molecule has 0 spiro atoms. The summed E-state index contributed by atoms with van der Waals surface area (Å²) in [6.07, 6.45) is 0.846. The van der Waals surface area contributed by atoms with Crippen LogP contribution in [0.3, 0.4) is 0 Å². The molecule has 0 aliphatic rings. The second-order valence-corrected chi connectivity index (χ2v) is 9.62. The zero-order valence-electron chi connectivity index (χ0n) is 20.2. The topological polar surface area (TPSA) is 67.2 Å². The Labute approximate surface area is 200 Å². The maximum atomic E-state index is 13.3. The number of benzene rings is 2. The van der Waals surface area contributed by atoms with E-state index in [-0.39, 0.29) is 11.5 Å². The number of amides is 1. The molecule has 33 heavy (non-hydrogen) atoms. The zero-order chi connectivity index (χ0) is 24.0. The van der Waals surface area contributed by atoms with Crippen molar-refractivity contribution in [3.8, 4) is 0 Å². The number of fused-ring (bicyclic) bond motifs is 1. The van der Waals surface area contributed by atoms with Crippen molar-refractivity contribution in [1.29, 1.82) is 0 Å². The average molecular weight is 467 g/mol. The molecule has 0 bridgehead atoms. The maximum absolute atomic E-state index is 13.3. The smallest absolute Gasteiger partial charge is 0.262 e. The highest BCUT2D eigenvalue weighted by atomic mass is 32.2. The van der Waals surface area contributed by atoms with E-state index in [0.717, 1.165) is 42.9 Å². The quantitative estimate of drug-likeness (QED) is 0.341. The third-order valence-electron chi connectivity index (χ3n) is 5.87. The second-order valence-electron chi connectivity index (χ2n) is 8.32. The highest BCUT2D eigenvalue weighted by molar-refractivity contribution is 8.00. The summed E-state index contributed by atoms with van der Waals surface area (Å²) in [5.74, 6) is -0.107. The largest absolute Gasteiger partial charge is 0.325 e. The van der Waals surface area contributed by atoms with E-state index < -0.39 is 5.25 Å². The van der Waals surface area contributed by atoms with E-state index in [0.29, 0.717) is 22.6 Å². The normalized spacial score (nSPS) is 12.3. The van der Waals surface area contributed by atoms with Gasteiger partial charge in [0.1, 0.15) is 0 Å². The van der Waals surface area contributed by atoms with Gasteiger partial charge in [-0.05, 0) is 70.6 Å². The van der Waals surface area contributed by atoms with Gasteiger partial charge < -0.3 is 10.2 Å². The first-order valence-electron chi connectivity index (χ1n) is 11.6. The Morgan fingerprint density at radius 3 is 2.58 bits per heavy atom. The van der Waals surface area contributed by atoms with Crippen LogP contribution in [0.15, 0.2) is 52.4 Å². The number of para-hydroxylation sites is 1. The van der Waals surface area contributed by atoms with Gasteiger partial charge in [0.05, 0.1) is 16.2 Å². The Hall–Kier alpha value is -2.64. The molecule has 3 aromatic rings. The molecule has 1 aromatic heterocycles. The lowest BCUT2D eigenvalue weighted by Gasteiger charge is -2.20. The van der Waals surface area contributed by atoms with Crippen molar-refractivity contribution < 1.29 is 4.79 Å². The maximum Gasteiger partial charge on any atom is 0.262 e. The van der Waals surface area contributed by atoms with Crippen molar-refractivity contribution in [2.45, 2.75) is 58.0 Å². The molecule has 6 nitrogen and oxygen atoms in total. The number of nitrogens with zero attached hydrogens (tertiary/aromatic N) is 3. The van der Waals surface area contributed by atoms with E-state index in [1.807, 2.05) is 63.2 Å². The van der Waals surface area contributed by atoms with Gasteiger partial charge in [0, 0.05) is 12.2 Å². The highest BCUT2D eigenvalue weighted by Gasteiger charge is 2.20. The van der Waals surface area contributed by atoms with Crippen molar-refractivity contribution >= 4 is 34.3 Å². The second kappa shape index (κ2) is 11.5. The van der Waals surface area contributed by atoms with E-state index in [2.05, 4.69) is 24.1 Å². The highest BCUT2D eigenvalue weighted by Crippen LogP contribution is 2.25. The lowest BCUT2D eigenvalue weighted by Crippen LogP contribution is -2.29. The Balaban J connectivity index is 1.83. The molecule has 176 valence electrons. The third kappa shape index (κ3) is 6.24. The molecule has 0 radical (unpaired) electrons. The standard InChI is InChI=1S/C26H34N4O2S/c1-6-29(7-2)15-10-16-30-25(32)21-11-8-9-12-23(21)28-26(30)33-20(5)24(31)27-22-14-13-18(3)17-19(22)4/h8-9,11-14,17,20H,6-7,10,15-16H2,1-5H3,(H,27,31). The minimum absolute atomic E-state index is 0.0513. The summed E-state index contributed by atoms with van der Waals surface area (Å²) in [6, 6.07) is 13.4. The van der Waals surface area contributed by atoms with Gasteiger partial charge in [-0.2, -0.15) is 0 Å². The number of hydrogen-bond acceptors (Lipinski definition) is 5. The molecule has 1 unspecified atom stereocenters. The third-order valence-corrected chi connectivity index (χ3v) is 6.96. The van der Waals surface area contributed by atoms with Gasteiger partial charge in [0.25, 0.3) is 5.56 Å². The fourth-order valence-electron chi connectivity index (χ4n) is 3.83. The first-order chi connectivity index (χ1) is 15.8. The van der Waals surface area contributed by atoms with Crippen molar-refractivity contribution in [2.75, 3.05) is 25.0 Å². The van der Waals surface area contributed by atoms with E-state index in [1.54, 1.807) is 4.57 Å². The number of hydrogen-bond donors (Lipinski definition) is 1. The lowest BCUT2D eigenvalue weighted by atomic mass is 10.1. The summed E-state index contributed by atoms with van der Waals surface area (Å²) in [5.41, 5.74) is 3.59. The van der Waals surface area contributed by atoms with Crippen LogP contribution in [0.25, 0.3) is 10.9 Å². The molecular weight excluding hydrogens is 432 g/mol. The summed E-state index contributed by atoms with van der Waals surface area (Å²) in [4.78, 5) is 33.3. The Morgan fingerprint density at radius 1 is 1.15 bits per heavy atom. The zero-order valence-corrected chi connectivity index (χ0v) is 21.0. The summed E-state index contributed by atoms with van der Waals surface area (Å²) >= 11 is 1.33. The van der Waals surface area contributed by atoms with Gasteiger partial charge in [0.15, 0.2) is 5.16 Å². The number of carbonyl (C=O) groups is 1. The lowest BCUT2D eigenvalue weighted by molar-refractivity contribution is -0.115. The average Bonchev–Trinajstić information content (AvgIpc) is 2.80. The molecule has 1 atom stereocenters. The number of aromatic nitrogens is 2. The van der Waals surface area contributed by atoms with Crippen molar-refractivity contribution in [3.63, 3.8) is 0 Å². The van der Waals surface area contributed by atoms with Crippen LogP contribution in [0, 0.1) is 13.8 Å². The first-order valence-corrected chi connectivity index (χ1v) is 12.5. The van der Waals surface area contributed by atoms with Crippen LogP contribution in [0.1, 0.15) is 38.3 Å². The minimum atomic E-state index is -0.409. The van der Waals surface area contributed by atoms with Crippen LogP contribution in [0.4, 0.5) is 5.69 Å². The number of thioether (sulfide) groups is 1. The molecule has 1 amide bonds. The number of rotatable bonds is 10. The molecule has 0 saturated heterocycles. The number of aryl methyl sites for hydroxylation is 2. The predicted octanol–water partition coefficient (Wildman–Crippen LogP) is 4.86. The Morgan fingerprint density at radius 2 is 1.88 bits per heavy atom. The van der Waals surface area contributed by atoms with Crippen LogP contribution in [0.5, 0.6) is 0 Å². The molecule has 1 heterocycles. The molecule has 0 aliphatic carbocycles. The molecule has 2 aromatic carbocycles. The fourth-order valence-corrected chi connectivity index (χ4v) is 4.76. The number of nitrogens with one attached hydrogen (secondary N) is 1. The first kappa shape index (κ1) is 25.0. The van der Waals surface area contributed by atoms with E-state index in [4.69, 9.17) is 4.98 Å². The van der Waals surface area contributed by atoms with Crippen molar-refractivity contribution in [1.82, 2.24) is 14.5 Å². The Bertz CT molecular complexity index is 1170. The van der Waals surface area contributed by atoms with Crippen LogP contribution < -0.4 is 10.9 Å². The minimum Gasteiger partial charge on any atom is -0.325 e. The van der Waals surface area contributed by atoms with Crippen LogP contribution in [-0.2, 0) is 11.3 Å². The predicted molar refractivity (Wildman–Crippen MR) is 138 cm³/mol. The van der Waals surface area contributed by atoms with Gasteiger partial charge in [-0.15, -0.1) is 0 Å². The van der Waals surface area contributed by atoms with Gasteiger partial charge >= 0.3 is 0 Å². The van der Waals surface area contributed by atoms with E-state index in [1.165, 1.54) is 11.8 Å². The van der Waals surface area contributed by atoms with Crippen molar-refractivity contribution in [2.24, 2.45) is 0 Å². The number of anilines is 1.